The van der Waals surface area contributed by atoms with E-state index in [1.54, 1.807) is 0 Å². The van der Waals surface area contributed by atoms with E-state index in [0.29, 0.717) is 6.42 Å². The van der Waals surface area contributed by atoms with Gasteiger partial charge in [-0.1, -0.05) is 30.3 Å². The van der Waals surface area contributed by atoms with Gasteiger partial charge in [0.15, 0.2) is 0 Å². The van der Waals surface area contributed by atoms with Crippen LogP contribution in [-0.4, -0.2) is 13.9 Å². The van der Waals surface area contributed by atoms with Gasteiger partial charge in [-0.05, 0) is 24.5 Å². The summed E-state index contributed by atoms with van der Waals surface area (Å²) < 4.78 is 63.0. The quantitative estimate of drug-likeness (QED) is 0.631. The molecular weight excluding hydrogens is 293 g/mol. The van der Waals surface area contributed by atoms with Crippen molar-refractivity contribution < 1.29 is 25.8 Å². The van der Waals surface area contributed by atoms with Crippen molar-refractivity contribution in [3.05, 3.63) is 47.7 Å². The maximum atomic E-state index is 12.3. The molecule has 0 saturated carbocycles. The van der Waals surface area contributed by atoms with E-state index in [2.05, 4.69) is 4.18 Å². The van der Waals surface area contributed by atoms with Crippen LogP contribution in [-0.2, 0) is 14.3 Å². The first-order valence-electron chi connectivity index (χ1n) is 6.06. The van der Waals surface area contributed by atoms with Crippen LogP contribution in [0.2, 0.25) is 0 Å². The minimum absolute atomic E-state index is 0.122. The van der Waals surface area contributed by atoms with E-state index in [9.17, 15) is 21.6 Å². The molecule has 0 aliphatic heterocycles. The Balaban J connectivity index is 2.19. The van der Waals surface area contributed by atoms with Crippen molar-refractivity contribution in [1.82, 2.24) is 0 Å². The molecule has 1 aliphatic rings. The fraction of sp³-hybridized carbons (Fsp3) is 0.385. The Morgan fingerprint density at radius 1 is 1.15 bits per heavy atom. The van der Waals surface area contributed by atoms with Gasteiger partial charge in [0.25, 0.3) is 0 Å². The summed E-state index contributed by atoms with van der Waals surface area (Å²) in [5.74, 6) is -0.259. The molecule has 1 atom stereocenters. The second-order valence-electron chi connectivity index (χ2n) is 4.53. The molecule has 7 heteroatoms. The summed E-state index contributed by atoms with van der Waals surface area (Å²) in [5, 5.41) is 0. The van der Waals surface area contributed by atoms with Gasteiger partial charge >= 0.3 is 15.6 Å². The highest BCUT2D eigenvalue weighted by Crippen LogP contribution is 2.34. The maximum absolute atomic E-state index is 12.3. The molecule has 0 amide bonds. The van der Waals surface area contributed by atoms with Crippen LogP contribution in [0.25, 0.3) is 0 Å². The van der Waals surface area contributed by atoms with Crippen molar-refractivity contribution in [2.45, 2.75) is 30.7 Å². The summed E-state index contributed by atoms with van der Waals surface area (Å²) in [6, 6.07) is 9.18. The monoisotopic (exact) mass is 306 g/mol. The van der Waals surface area contributed by atoms with Crippen LogP contribution in [0.4, 0.5) is 13.2 Å². The van der Waals surface area contributed by atoms with Crippen LogP contribution in [0, 0.1) is 0 Å². The van der Waals surface area contributed by atoms with E-state index < -0.39 is 15.6 Å². The average molecular weight is 306 g/mol. The van der Waals surface area contributed by atoms with Crippen molar-refractivity contribution in [1.29, 1.82) is 0 Å². The lowest BCUT2D eigenvalue weighted by Crippen LogP contribution is -2.26. The molecule has 0 spiro atoms. The first-order valence-corrected chi connectivity index (χ1v) is 7.47. The largest absolute Gasteiger partial charge is 0.534 e. The highest BCUT2D eigenvalue weighted by molar-refractivity contribution is 7.87. The fourth-order valence-electron chi connectivity index (χ4n) is 2.11. The number of alkyl halides is 3. The third kappa shape index (κ3) is 3.33. The van der Waals surface area contributed by atoms with Crippen molar-refractivity contribution in [3.63, 3.8) is 0 Å². The predicted molar refractivity (Wildman–Crippen MR) is 67.2 cm³/mol. The van der Waals surface area contributed by atoms with Crippen LogP contribution in [0.5, 0.6) is 0 Å². The van der Waals surface area contributed by atoms with Gasteiger partial charge in [0.1, 0.15) is 5.76 Å². The number of benzene rings is 1. The number of rotatable bonds is 3. The fourth-order valence-corrected chi connectivity index (χ4v) is 2.62. The van der Waals surface area contributed by atoms with Gasteiger partial charge in [-0.3, -0.25) is 0 Å². The second kappa shape index (κ2) is 5.47. The standard InChI is InChI=1S/C13H13F3O3S/c14-13(15,16)20(17,18)19-12-8-4-7-11(9-12)10-5-2-1-3-6-10/h1-3,5-6,9,11H,4,7-8H2. The van der Waals surface area contributed by atoms with Gasteiger partial charge in [-0.2, -0.15) is 21.6 Å². The Morgan fingerprint density at radius 3 is 2.40 bits per heavy atom. The van der Waals surface area contributed by atoms with Gasteiger partial charge in [-0.25, -0.2) is 0 Å². The van der Waals surface area contributed by atoms with Crippen LogP contribution in [0.15, 0.2) is 42.2 Å². The first-order chi connectivity index (χ1) is 9.29. The molecule has 3 nitrogen and oxygen atoms in total. The normalized spacial score (nSPS) is 20.4. The predicted octanol–water partition coefficient (Wildman–Crippen LogP) is 3.70. The van der Waals surface area contributed by atoms with E-state index in [1.165, 1.54) is 6.08 Å². The molecule has 0 radical (unpaired) electrons. The topological polar surface area (TPSA) is 43.4 Å². The Labute approximate surface area is 115 Å². The minimum Gasteiger partial charge on any atom is -0.381 e. The molecule has 20 heavy (non-hydrogen) atoms. The molecular formula is C13H13F3O3S. The number of hydrogen-bond donors (Lipinski definition) is 0. The Hall–Kier alpha value is -1.50. The molecule has 2 rings (SSSR count). The Kier molecular flexibility index (Phi) is 4.08. The zero-order valence-electron chi connectivity index (χ0n) is 10.4. The van der Waals surface area contributed by atoms with Crippen LogP contribution in [0.3, 0.4) is 0 Å². The molecule has 0 N–H and O–H groups in total. The second-order valence-corrected chi connectivity index (χ2v) is 6.06. The first kappa shape index (κ1) is 14.9. The van der Waals surface area contributed by atoms with E-state index in [-0.39, 0.29) is 18.1 Å². The summed E-state index contributed by atoms with van der Waals surface area (Å²) in [5.41, 5.74) is -4.47. The zero-order valence-corrected chi connectivity index (χ0v) is 11.2. The van der Waals surface area contributed by atoms with Crippen LogP contribution >= 0.6 is 0 Å². The highest BCUT2D eigenvalue weighted by atomic mass is 32.2. The molecule has 0 heterocycles. The molecule has 1 unspecified atom stereocenters. The van der Waals surface area contributed by atoms with Crippen molar-refractivity contribution >= 4 is 10.1 Å². The Morgan fingerprint density at radius 2 is 1.80 bits per heavy atom. The van der Waals surface area contributed by atoms with Gasteiger partial charge in [0.2, 0.25) is 0 Å². The molecule has 0 aromatic heterocycles. The van der Waals surface area contributed by atoms with Crippen LogP contribution in [0.1, 0.15) is 30.7 Å². The molecule has 1 aliphatic carbocycles. The van der Waals surface area contributed by atoms with Crippen LogP contribution < -0.4 is 0 Å². The van der Waals surface area contributed by atoms with Crippen molar-refractivity contribution in [3.8, 4) is 0 Å². The third-order valence-corrected chi connectivity index (χ3v) is 4.05. The summed E-state index contributed by atoms with van der Waals surface area (Å²) in [6.07, 6.45) is 2.99. The lowest BCUT2D eigenvalue weighted by atomic mass is 9.89. The molecule has 1 aromatic rings. The molecule has 0 bridgehead atoms. The Bertz CT molecular complexity index is 591. The van der Waals surface area contributed by atoms with E-state index in [1.807, 2.05) is 30.3 Å². The van der Waals surface area contributed by atoms with Crippen molar-refractivity contribution in [2.24, 2.45) is 0 Å². The van der Waals surface area contributed by atoms with Gasteiger partial charge in [0, 0.05) is 12.3 Å². The smallest absolute Gasteiger partial charge is 0.381 e. The summed E-state index contributed by atoms with van der Waals surface area (Å²) in [7, 11) is -5.57. The molecule has 110 valence electrons. The minimum atomic E-state index is -5.57. The van der Waals surface area contributed by atoms with Crippen molar-refractivity contribution in [2.75, 3.05) is 0 Å². The van der Waals surface area contributed by atoms with Gasteiger partial charge in [-0.15, -0.1) is 0 Å². The molecule has 1 aromatic carbocycles. The summed E-state index contributed by atoms with van der Waals surface area (Å²) in [4.78, 5) is 0. The highest BCUT2D eigenvalue weighted by Gasteiger charge is 2.48. The van der Waals surface area contributed by atoms with E-state index >= 15 is 0 Å². The van der Waals surface area contributed by atoms with Gasteiger partial charge < -0.3 is 4.18 Å². The number of allylic oxidation sites excluding steroid dienone is 2. The van der Waals surface area contributed by atoms with E-state index in [0.717, 1.165) is 12.0 Å². The lowest BCUT2D eigenvalue weighted by molar-refractivity contribution is -0.0524. The molecule has 0 saturated heterocycles. The third-order valence-electron chi connectivity index (χ3n) is 3.05. The maximum Gasteiger partial charge on any atom is 0.534 e. The summed E-state index contributed by atoms with van der Waals surface area (Å²) >= 11 is 0. The zero-order chi connectivity index (χ0) is 14.8. The lowest BCUT2D eigenvalue weighted by Gasteiger charge is -2.21. The number of halogens is 3. The van der Waals surface area contributed by atoms with E-state index in [4.69, 9.17) is 0 Å². The number of hydrogen-bond acceptors (Lipinski definition) is 3. The summed E-state index contributed by atoms with van der Waals surface area (Å²) in [6.45, 7) is 0. The SMILES string of the molecule is O=S(=O)(OC1=CC(c2ccccc2)CCC1)C(F)(F)F. The molecule has 0 fully saturated rings. The van der Waals surface area contributed by atoms with Gasteiger partial charge in [0.05, 0.1) is 0 Å². The average Bonchev–Trinajstić information content (AvgIpc) is 2.38.